The van der Waals surface area contributed by atoms with Crippen molar-refractivity contribution >= 4 is 28.6 Å². The van der Waals surface area contributed by atoms with Gasteiger partial charge in [-0.15, -0.1) is 0 Å². The van der Waals surface area contributed by atoms with Gasteiger partial charge in [0.2, 0.25) is 0 Å². The molecule has 1 amide bonds. The van der Waals surface area contributed by atoms with Crippen LogP contribution in [0.15, 0.2) is 24.3 Å². The zero-order chi connectivity index (χ0) is 17.1. The highest BCUT2D eigenvalue weighted by Crippen LogP contribution is 2.25. The molecule has 0 radical (unpaired) electrons. The number of thioether (sulfide) groups is 1. The number of amides is 1. The maximum Gasteiger partial charge on any atom is 0.254 e. The first-order valence-corrected chi connectivity index (χ1v) is 10.2. The molecular formula is C20H26N2OS. The second kappa shape index (κ2) is 7.56. The van der Waals surface area contributed by atoms with Crippen molar-refractivity contribution in [2.24, 2.45) is 5.92 Å². The number of rotatable bonds is 4. The molecular weight excluding hydrogens is 316 g/mol. The van der Waals surface area contributed by atoms with E-state index in [0.717, 1.165) is 53.8 Å². The number of benzene rings is 1. The predicted octanol–water partition coefficient (Wildman–Crippen LogP) is 4.32. The molecule has 1 aliphatic rings. The van der Waals surface area contributed by atoms with Crippen molar-refractivity contribution in [3.05, 3.63) is 41.1 Å². The highest BCUT2D eigenvalue weighted by atomic mass is 32.2. The molecule has 1 saturated heterocycles. The third-order valence-electron chi connectivity index (χ3n) is 4.85. The minimum absolute atomic E-state index is 0.171. The van der Waals surface area contributed by atoms with Crippen molar-refractivity contribution in [2.45, 2.75) is 33.1 Å². The molecule has 0 bridgehead atoms. The molecule has 1 atom stereocenters. The first-order valence-electron chi connectivity index (χ1n) is 8.81. The summed E-state index contributed by atoms with van der Waals surface area (Å²) in [6.07, 6.45) is 5.46. The summed E-state index contributed by atoms with van der Waals surface area (Å²) in [5.41, 5.74) is 3.90. The lowest BCUT2D eigenvalue weighted by Crippen LogP contribution is -2.40. The maximum atomic E-state index is 13.2. The largest absolute Gasteiger partial charge is 0.338 e. The summed E-state index contributed by atoms with van der Waals surface area (Å²) in [5, 5.41) is 0.997. The molecule has 0 saturated carbocycles. The van der Waals surface area contributed by atoms with Crippen LogP contribution in [0.2, 0.25) is 0 Å². The summed E-state index contributed by atoms with van der Waals surface area (Å²) >= 11 is 1.88. The van der Waals surface area contributed by atoms with E-state index >= 15 is 0 Å². The molecule has 0 spiro atoms. The number of likely N-dealkylation sites (tertiary alicyclic amines) is 1. The van der Waals surface area contributed by atoms with E-state index < -0.39 is 0 Å². The number of fused-ring (bicyclic) bond motifs is 1. The standard InChI is InChI=1S/C20H26N2OS/c1-4-15-7-8-19-17(11-15)18(10-14(2)21-19)20(23)22-9-5-6-16(12-22)13-24-3/h7-8,10-11,16H,4-6,9,12-13H2,1-3H3/t16-/m0/s1. The minimum atomic E-state index is 0.171. The number of carbonyl (C=O) groups is 1. The Morgan fingerprint density at radius 2 is 2.21 bits per heavy atom. The highest BCUT2D eigenvalue weighted by molar-refractivity contribution is 7.98. The number of aromatic nitrogens is 1. The average molecular weight is 343 g/mol. The Morgan fingerprint density at radius 3 is 2.96 bits per heavy atom. The van der Waals surface area contributed by atoms with Gasteiger partial charge in [-0.2, -0.15) is 11.8 Å². The molecule has 128 valence electrons. The van der Waals surface area contributed by atoms with E-state index in [1.54, 1.807) is 0 Å². The lowest BCUT2D eigenvalue weighted by molar-refractivity contribution is 0.0687. The van der Waals surface area contributed by atoms with Gasteiger partial charge in [0.05, 0.1) is 11.1 Å². The van der Waals surface area contributed by atoms with Crippen LogP contribution in [0, 0.1) is 12.8 Å². The number of carbonyl (C=O) groups excluding carboxylic acids is 1. The molecule has 3 rings (SSSR count). The molecule has 0 unspecified atom stereocenters. The van der Waals surface area contributed by atoms with Crippen molar-refractivity contribution in [2.75, 3.05) is 25.1 Å². The van der Waals surface area contributed by atoms with Gasteiger partial charge in [0.15, 0.2) is 0 Å². The Morgan fingerprint density at radius 1 is 1.38 bits per heavy atom. The van der Waals surface area contributed by atoms with Crippen molar-refractivity contribution < 1.29 is 4.79 Å². The monoisotopic (exact) mass is 342 g/mol. The Balaban J connectivity index is 1.96. The highest BCUT2D eigenvalue weighted by Gasteiger charge is 2.25. The van der Waals surface area contributed by atoms with E-state index in [0.29, 0.717) is 5.92 Å². The van der Waals surface area contributed by atoms with Gasteiger partial charge in [0, 0.05) is 24.2 Å². The van der Waals surface area contributed by atoms with E-state index in [4.69, 9.17) is 0 Å². The van der Waals surface area contributed by atoms with E-state index in [2.05, 4.69) is 35.2 Å². The van der Waals surface area contributed by atoms with Crippen LogP contribution in [-0.2, 0) is 6.42 Å². The summed E-state index contributed by atoms with van der Waals surface area (Å²) in [7, 11) is 0. The topological polar surface area (TPSA) is 33.2 Å². The van der Waals surface area contributed by atoms with Crippen molar-refractivity contribution in [1.29, 1.82) is 0 Å². The molecule has 0 aliphatic carbocycles. The molecule has 2 aromatic rings. The van der Waals surface area contributed by atoms with Gasteiger partial charge in [-0.05, 0) is 67.9 Å². The van der Waals surface area contributed by atoms with Crippen LogP contribution in [0.25, 0.3) is 10.9 Å². The smallest absolute Gasteiger partial charge is 0.254 e. The summed E-state index contributed by atoms with van der Waals surface area (Å²) in [5.74, 6) is 1.93. The fourth-order valence-corrected chi connectivity index (χ4v) is 4.34. The fourth-order valence-electron chi connectivity index (χ4n) is 3.59. The Kier molecular flexibility index (Phi) is 5.44. The van der Waals surface area contributed by atoms with Crippen molar-refractivity contribution in [1.82, 2.24) is 9.88 Å². The Bertz CT molecular complexity index is 742. The molecule has 24 heavy (non-hydrogen) atoms. The lowest BCUT2D eigenvalue weighted by Gasteiger charge is -2.33. The molecule has 1 aliphatic heterocycles. The van der Waals surface area contributed by atoms with Crippen molar-refractivity contribution in [3.63, 3.8) is 0 Å². The Labute approximate surface area is 148 Å². The summed E-state index contributed by atoms with van der Waals surface area (Å²) < 4.78 is 0. The number of piperidine rings is 1. The van der Waals surface area contributed by atoms with Crippen LogP contribution in [0.1, 0.15) is 41.4 Å². The molecule has 4 heteroatoms. The normalized spacial score (nSPS) is 18.1. The van der Waals surface area contributed by atoms with E-state index in [1.165, 1.54) is 12.0 Å². The minimum Gasteiger partial charge on any atom is -0.338 e. The number of hydrogen-bond donors (Lipinski definition) is 0. The van der Waals surface area contributed by atoms with Crippen LogP contribution < -0.4 is 0 Å². The van der Waals surface area contributed by atoms with Gasteiger partial charge in [0.25, 0.3) is 5.91 Å². The van der Waals surface area contributed by atoms with Crippen LogP contribution in [0.4, 0.5) is 0 Å². The third kappa shape index (κ3) is 3.59. The number of nitrogens with zero attached hydrogens (tertiary/aromatic N) is 2. The van der Waals surface area contributed by atoms with Crippen LogP contribution in [0.5, 0.6) is 0 Å². The van der Waals surface area contributed by atoms with E-state index in [-0.39, 0.29) is 5.91 Å². The molecule has 2 heterocycles. The summed E-state index contributed by atoms with van der Waals surface area (Å²) in [6, 6.07) is 8.25. The fraction of sp³-hybridized carbons (Fsp3) is 0.500. The predicted molar refractivity (Wildman–Crippen MR) is 103 cm³/mol. The average Bonchev–Trinajstić information content (AvgIpc) is 2.60. The first kappa shape index (κ1) is 17.3. The summed E-state index contributed by atoms with van der Waals surface area (Å²) in [4.78, 5) is 19.9. The van der Waals surface area contributed by atoms with Gasteiger partial charge in [-0.25, -0.2) is 0 Å². The third-order valence-corrected chi connectivity index (χ3v) is 5.65. The van der Waals surface area contributed by atoms with Crippen LogP contribution in [0.3, 0.4) is 0 Å². The zero-order valence-electron chi connectivity index (χ0n) is 14.8. The van der Waals surface area contributed by atoms with Gasteiger partial charge in [-0.1, -0.05) is 13.0 Å². The van der Waals surface area contributed by atoms with Gasteiger partial charge >= 0.3 is 0 Å². The zero-order valence-corrected chi connectivity index (χ0v) is 15.7. The maximum absolute atomic E-state index is 13.2. The quantitative estimate of drug-likeness (QED) is 0.829. The van der Waals surface area contributed by atoms with Crippen LogP contribution >= 0.6 is 11.8 Å². The second-order valence-corrected chi connectivity index (χ2v) is 7.64. The van der Waals surface area contributed by atoms with Crippen molar-refractivity contribution in [3.8, 4) is 0 Å². The molecule has 3 nitrogen and oxygen atoms in total. The first-order chi connectivity index (χ1) is 11.6. The van der Waals surface area contributed by atoms with Gasteiger partial charge < -0.3 is 4.90 Å². The van der Waals surface area contributed by atoms with Crippen LogP contribution in [-0.4, -0.2) is 40.9 Å². The molecule has 1 aromatic heterocycles. The number of hydrogen-bond acceptors (Lipinski definition) is 3. The SMILES string of the molecule is CCc1ccc2nc(C)cc(C(=O)N3CCC[C@H](CSC)C3)c2c1. The number of aryl methyl sites for hydroxylation is 2. The van der Waals surface area contributed by atoms with E-state index in [9.17, 15) is 4.79 Å². The molecule has 0 N–H and O–H groups in total. The second-order valence-electron chi connectivity index (χ2n) is 6.73. The lowest BCUT2D eigenvalue weighted by atomic mass is 9.98. The summed E-state index contributed by atoms with van der Waals surface area (Å²) in [6.45, 7) is 5.87. The van der Waals surface area contributed by atoms with Gasteiger partial charge in [-0.3, -0.25) is 9.78 Å². The van der Waals surface area contributed by atoms with Gasteiger partial charge in [0.1, 0.15) is 0 Å². The molecule has 1 aromatic carbocycles. The molecule has 1 fully saturated rings. The Hall–Kier alpha value is -1.55. The van der Waals surface area contributed by atoms with E-state index in [1.807, 2.05) is 30.8 Å². The number of pyridine rings is 1.